The van der Waals surface area contributed by atoms with Crippen molar-refractivity contribution in [3.63, 3.8) is 0 Å². The maximum Gasteiger partial charge on any atom is 0.410 e. The highest BCUT2D eigenvalue weighted by atomic mass is 32.2. The molecule has 0 aromatic heterocycles. The van der Waals surface area contributed by atoms with E-state index in [1.54, 1.807) is 4.90 Å². The number of hydrogen-bond donors (Lipinski definition) is 1. The lowest BCUT2D eigenvalue weighted by Crippen LogP contribution is -2.51. The maximum absolute atomic E-state index is 12.5. The largest absolute Gasteiger partial charge is 0.453 e. The van der Waals surface area contributed by atoms with Gasteiger partial charge in [-0.1, -0.05) is 30.3 Å². The first kappa shape index (κ1) is 21.6. The van der Waals surface area contributed by atoms with E-state index in [1.807, 2.05) is 6.07 Å². The third-order valence-corrected chi connectivity index (χ3v) is 7.65. The normalized spacial score (nSPS) is 30.4. The van der Waals surface area contributed by atoms with Crippen molar-refractivity contribution < 1.29 is 22.7 Å². The Morgan fingerprint density at radius 1 is 1.17 bits per heavy atom. The van der Waals surface area contributed by atoms with E-state index in [-0.39, 0.29) is 23.7 Å². The van der Waals surface area contributed by atoms with E-state index in [0.717, 1.165) is 44.8 Å². The summed E-state index contributed by atoms with van der Waals surface area (Å²) in [5, 5.41) is 0. The monoisotopic (exact) mass is 436 g/mol. The number of nitrogens with one attached hydrogen (secondary N) is 1. The SMILES string of the molecule is COC(=O)N1[C@@H](COC2CCC(c3ccccc3)CC2)[C@@H](NS(C)(=O)=O)CC12CC2. The number of nitrogens with zero attached hydrogens (tertiary/aromatic N) is 1. The first-order chi connectivity index (χ1) is 14.3. The lowest BCUT2D eigenvalue weighted by atomic mass is 9.83. The summed E-state index contributed by atoms with van der Waals surface area (Å²) in [5.74, 6) is 0.568. The van der Waals surface area contributed by atoms with Crippen LogP contribution in [0.25, 0.3) is 0 Å². The van der Waals surface area contributed by atoms with Crippen molar-refractivity contribution >= 4 is 16.1 Å². The van der Waals surface area contributed by atoms with Crippen molar-refractivity contribution in [1.82, 2.24) is 9.62 Å². The molecule has 1 N–H and O–H groups in total. The summed E-state index contributed by atoms with van der Waals surface area (Å²) in [6.45, 7) is 0.324. The van der Waals surface area contributed by atoms with Crippen LogP contribution in [0.4, 0.5) is 4.79 Å². The van der Waals surface area contributed by atoms with E-state index in [4.69, 9.17) is 9.47 Å². The van der Waals surface area contributed by atoms with Crippen molar-refractivity contribution in [3.05, 3.63) is 35.9 Å². The van der Waals surface area contributed by atoms with Gasteiger partial charge >= 0.3 is 6.09 Å². The highest BCUT2D eigenvalue weighted by molar-refractivity contribution is 7.88. The number of hydrogen-bond acceptors (Lipinski definition) is 5. The van der Waals surface area contributed by atoms with Crippen LogP contribution in [0.5, 0.6) is 0 Å². The Morgan fingerprint density at radius 2 is 1.83 bits per heavy atom. The fourth-order valence-corrected chi connectivity index (χ4v) is 6.09. The zero-order valence-corrected chi connectivity index (χ0v) is 18.6. The molecule has 30 heavy (non-hydrogen) atoms. The van der Waals surface area contributed by atoms with Crippen LogP contribution in [0.15, 0.2) is 30.3 Å². The second-order valence-corrected chi connectivity index (χ2v) is 10.8. The number of carbonyl (C=O) groups is 1. The number of rotatable bonds is 6. The molecule has 0 radical (unpaired) electrons. The molecule has 0 bridgehead atoms. The fraction of sp³-hybridized carbons (Fsp3) is 0.682. The molecule has 1 saturated heterocycles. The van der Waals surface area contributed by atoms with E-state index in [0.29, 0.717) is 18.9 Å². The predicted molar refractivity (Wildman–Crippen MR) is 114 cm³/mol. The van der Waals surface area contributed by atoms with Crippen LogP contribution in [-0.4, -0.2) is 63.1 Å². The van der Waals surface area contributed by atoms with Crippen molar-refractivity contribution in [3.8, 4) is 0 Å². The Balaban J connectivity index is 1.39. The van der Waals surface area contributed by atoms with Gasteiger partial charge < -0.3 is 9.47 Å². The molecular formula is C22H32N2O5S. The third kappa shape index (κ3) is 4.65. The number of amides is 1. The van der Waals surface area contributed by atoms with Gasteiger partial charge in [0.2, 0.25) is 10.0 Å². The second-order valence-electron chi connectivity index (χ2n) is 9.05. The zero-order valence-electron chi connectivity index (χ0n) is 17.7. The average Bonchev–Trinajstić information content (AvgIpc) is 3.43. The molecule has 7 nitrogen and oxygen atoms in total. The Kier molecular flexibility index (Phi) is 6.10. The summed E-state index contributed by atoms with van der Waals surface area (Å²) in [5.41, 5.74) is 1.10. The molecule has 1 spiro atoms. The van der Waals surface area contributed by atoms with Gasteiger partial charge in [-0.05, 0) is 56.4 Å². The summed E-state index contributed by atoms with van der Waals surface area (Å²) >= 11 is 0. The molecule has 3 fully saturated rings. The molecule has 2 saturated carbocycles. The number of ether oxygens (including phenoxy) is 2. The van der Waals surface area contributed by atoms with Crippen molar-refractivity contribution in [2.24, 2.45) is 0 Å². The van der Waals surface area contributed by atoms with Gasteiger partial charge in [-0.2, -0.15) is 0 Å². The Hall–Kier alpha value is -1.64. The van der Waals surface area contributed by atoms with Gasteiger partial charge in [0.05, 0.1) is 32.1 Å². The number of methoxy groups -OCH3 is 1. The fourth-order valence-electron chi connectivity index (χ4n) is 5.30. The quantitative estimate of drug-likeness (QED) is 0.741. The van der Waals surface area contributed by atoms with Crippen LogP contribution in [0.2, 0.25) is 0 Å². The van der Waals surface area contributed by atoms with Gasteiger partial charge in [0.15, 0.2) is 0 Å². The van der Waals surface area contributed by atoms with Crippen LogP contribution in [0.1, 0.15) is 56.4 Å². The Bertz CT molecular complexity index is 848. The van der Waals surface area contributed by atoms with E-state index < -0.39 is 16.1 Å². The molecule has 1 heterocycles. The van der Waals surface area contributed by atoms with Crippen LogP contribution in [0.3, 0.4) is 0 Å². The zero-order chi connectivity index (χ0) is 21.4. The average molecular weight is 437 g/mol. The highest BCUT2D eigenvalue weighted by Gasteiger charge is 2.61. The molecule has 3 aliphatic rings. The first-order valence-electron chi connectivity index (χ1n) is 10.8. The van der Waals surface area contributed by atoms with Gasteiger partial charge in [-0.15, -0.1) is 0 Å². The van der Waals surface area contributed by atoms with Gasteiger partial charge in [-0.25, -0.2) is 17.9 Å². The molecule has 166 valence electrons. The van der Waals surface area contributed by atoms with Gasteiger partial charge in [0, 0.05) is 11.6 Å². The highest BCUT2D eigenvalue weighted by Crippen LogP contribution is 2.52. The molecule has 0 unspecified atom stereocenters. The van der Waals surface area contributed by atoms with Crippen LogP contribution < -0.4 is 4.72 Å². The number of sulfonamides is 1. The summed E-state index contributed by atoms with van der Waals surface area (Å²) in [6, 6.07) is 9.90. The molecule has 1 aromatic rings. The lowest BCUT2D eigenvalue weighted by Gasteiger charge is -2.33. The summed E-state index contributed by atoms with van der Waals surface area (Å²) < 4.78 is 37.8. The first-order valence-corrected chi connectivity index (χ1v) is 12.7. The second kappa shape index (κ2) is 8.48. The Labute approximate surface area is 179 Å². The molecule has 2 atom stereocenters. The minimum atomic E-state index is -3.38. The third-order valence-electron chi connectivity index (χ3n) is 6.92. The van der Waals surface area contributed by atoms with Crippen LogP contribution in [-0.2, 0) is 19.5 Å². The summed E-state index contributed by atoms with van der Waals surface area (Å²) in [7, 11) is -2.01. The van der Waals surface area contributed by atoms with E-state index in [2.05, 4.69) is 29.0 Å². The number of benzene rings is 1. The molecule has 1 aromatic carbocycles. The molecular weight excluding hydrogens is 404 g/mol. The van der Waals surface area contributed by atoms with Gasteiger partial charge in [0.25, 0.3) is 0 Å². The summed E-state index contributed by atoms with van der Waals surface area (Å²) in [6.07, 6.45) is 7.38. The molecule has 1 aliphatic heterocycles. The minimum Gasteiger partial charge on any atom is -0.453 e. The van der Waals surface area contributed by atoms with Crippen LogP contribution >= 0.6 is 0 Å². The van der Waals surface area contributed by atoms with Crippen molar-refractivity contribution in [2.75, 3.05) is 20.0 Å². The van der Waals surface area contributed by atoms with Crippen molar-refractivity contribution in [1.29, 1.82) is 0 Å². The maximum atomic E-state index is 12.5. The minimum absolute atomic E-state index is 0.138. The van der Waals surface area contributed by atoms with E-state index >= 15 is 0 Å². The molecule has 1 amide bonds. The van der Waals surface area contributed by atoms with Crippen molar-refractivity contribution in [2.45, 2.75) is 74.6 Å². The van der Waals surface area contributed by atoms with Crippen LogP contribution in [0, 0.1) is 0 Å². The molecule has 2 aliphatic carbocycles. The van der Waals surface area contributed by atoms with Gasteiger partial charge in [0.1, 0.15) is 0 Å². The van der Waals surface area contributed by atoms with E-state index in [1.165, 1.54) is 12.7 Å². The Morgan fingerprint density at radius 3 is 2.40 bits per heavy atom. The number of likely N-dealkylation sites (tertiary alicyclic amines) is 1. The molecule has 4 rings (SSSR count). The summed E-state index contributed by atoms with van der Waals surface area (Å²) in [4.78, 5) is 14.3. The topological polar surface area (TPSA) is 84.9 Å². The number of carbonyl (C=O) groups excluding carboxylic acids is 1. The smallest absolute Gasteiger partial charge is 0.410 e. The molecule has 8 heteroatoms. The van der Waals surface area contributed by atoms with Gasteiger partial charge in [-0.3, -0.25) is 4.90 Å². The predicted octanol–water partition coefficient (Wildman–Crippen LogP) is 3.02. The lowest BCUT2D eigenvalue weighted by molar-refractivity contribution is -0.0107. The van der Waals surface area contributed by atoms with E-state index in [9.17, 15) is 13.2 Å². The standard InChI is InChI=1S/C22H32N2O5S/c1-28-21(25)24-20(19(23-30(2,26)27)14-22(24)12-13-22)15-29-18-10-8-17(9-11-18)16-6-4-3-5-7-16/h3-7,17-20,23H,8-15H2,1-2H3/t17?,18?,19-,20-/m0/s1.